The third kappa shape index (κ3) is 2.70. The van der Waals surface area contributed by atoms with Gasteiger partial charge >= 0.3 is 0 Å². The van der Waals surface area contributed by atoms with Crippen molar-refractivity contribution in [1.82, 2.24) is 4.98 Å². The highest BCUT2D eigenvalue weighted by atomic mass is 32.1. The van der Waals surface area contributed by atoms with E-state index in [-0.39, 0.29) is 41.4 Å². The number of amides is 3. The number of allylic oxidation sites excluding steroid dienone is 2. The summed E-state index contributed by atoms with van der Waals surface area (Å²) in [5.74, 6) is -0.547. The molecule has 1 N–H and O–H groups in total. The van der Waals surface area contributed by atoms with Gasteiger partial charge in [-0.1, -0.05) is 24.3 Å². The zero-order valence-corrected chi connectivity index (χ0v) is 15.6. The van der Waals surface area contributed by atoms with E-state index in [1.165, 1.54) is 22.3 Å². The van der Waals surface area contributed by atoms with Gasteiger partial charge in [-0.3, -0.25) is 19.7 Å². The molecule has 2 aliphatic carbocycles. The molecule has 0 spiro atoms. The van der Waals surface area contributed by atoms with Crippen LogP contribution in [0.1, 0.15) is 12.0 Å². The number of imide groups is 1. The molecule has 140 valence electrons. The third-order valence-electron chi connectivity index (χ3n) is 5.69. The Bertz CT molecular complexity index is 997. The normalized spacial score (nSPS) is 27.8. The van der Waals surface area contributed by atoms with E-state index in [9.17, 15) is 14.4 Å². The van der Waals surface area contributed by atoms with Gasteiger partial charge < -0.3 is 0 Å². The first kappa shape index (κ1) is 17.1. The van der Waals surface area contributed by atoms with Crippen LogP contribution in [0.3, 0.4) is 0 Å². The summed E-state index contributed by atoms with van der Waals surface area (Å²) in [6, 6.07) is 7.14. The van der Waals surface area contributed by atoms with Crippen LogP contribution >= 0.6 is 11.3 Å². The van der Waals surface area contributed by atoms with Crippen molar-refractivity contribution in [3.05, 3.63) is 59.6 Å². The average Bonchev–Trinajstić information content (AvgIpc) is 3.46. The highest BCUT2D eigenvalue weighted by molar-refractivity contribution is 7.13. The molecule has 5 rings (SSSR count). The highest BCUT2D eigenvalue weighted by Gasteiger charge is 2.59. The standard InChI is InChI=1S/C21H17N3O3S/c25-16(23-21-22-8-9-28-21)7-4-12-2-1-3-15(10-12)24-19(26)17-13-5-6-14(11-13)18(17)20(24)27/h1-10,13-14,17-18H,11H2,(H,22,23,25)/b7-4+. The lowest BCUT2D eigenvalue weighted by molar-refractivity contribution is -0.123. The summed E-state index contributed by atoms with van der Waals surface area (Å²) in [7, 11) is 0. The molecule has 1 saturated heterocycles. The largest absolute Gasteiger partial charge is 0.298 e. The fourth-order valence-corrected chi connectivity index (χ4v) is 5.06. The minimum absolute atomic E-state index is 0.102. The number of benzene rings is 1. The first-order valence-corrected chi connectivity index (χ1v) is 10.0. The van der Waals surface area contributed by atoms with Gasteiger partial charge in [-0.2, -0.15) is 0 Å². The molecule has 2 bridgehead atoms. The van der Waals surface area contributed by atoms with E-state index in [4.69, 9.17) is 0 Å². The van der Waals surface area contributed by atoms with Crippen molar-refractivity contribution in [3.8, 4) is 0 Å². The lowest BCUT2D eigenvalue weighted by atomic mass is 9.85. The number of thiazole rings is 1. The molecular formula is C21H17N3O3S. The molecule has 28 heavy (non-hydrogen) atoms. The molecule has 1 saturated carbocycles. The molecule has 2 aromatic rings. The molecule has 1 aromatic carbocycles. The number of rotatable bonds is 4. The van der Waals surface area contributed by atoms with Gasteiger partial charge in [0.05, 0.1) is 17.5 Å². The van der Waals surface area contributed by atoms with Crippen LogP contribution in [-0.2, 0) is 14.4 Å². The van der Waals surface area contributed by atoms with Crippen molar-refractivity contribution in [2.45, 2.75) is 6.42 Å². The lowest BCUT2D eigenvalue weighted by Gasteiger charge is -2.17. The van der Waals surface area contributed by atoms with Crippen molar-refractivity contribution in [2.75, 3.05) is 10.2 Å². The van der Waals surface area contributed by atoms with Crippen molar-refractivity contribution in [1.29, 1.82) is 0 Å². The Balaban J connectivity index is 1.35. The Morgan fingerprint density at radius 1 is 1.18 bits per heavy atom. The van der Waals surface area contributed by atoms with Crippen molar-refractivity contribution >= 4 is 46.0 Å². The Labute approximate surface area is 165 Å². The summed E-state index contributed by atoms with van der Waals surface area (Å²) in [6.07, 6.45) is 9.77. The van der Waals surface area contributed by atoms with Crippen LogP contribution in [0.2, 0.25) is 0 Å². The zero-order valence-electron chi connectivity index (χ0n) is 14.8. The molecule has 3 aliphatic rings. The number of anilines is 2. The number of hydrogen-bond donors (Lipinski definition) is 1. The molecule has 4 unspecified atom stereocenters. The minimum atomic E-state index is -0.286. The molecule has 3 amide bonds. The smallest absolute Gasteiger partial charge is 0.250 e. The Hall–Kier alpha value is -3.06. The first-order chi connectivity index (χ1) is 13.6. The predicted molar refractivity (Wildman–Crippen MR) is 106 cm³/mol. The van der Waals surface area contributed by atoms with Crippen LogP contribution in [0.4, 0.5) is 10.8 Å². The van der Waals surface area contributed by atoms with Crippen LogP contribution in [-0.4, -0.2) is 22.7 Å². The van der Waals surface area contributed by atoms with Gasteiger partial charge in [0.15, 0.2) is 5.13 Å². The second-order valence-corrected chi connectivity index (χ2v) is 8.16. The number of carbonyl (C=O) groups is 3. The Morgan fingerprint density at radius 3 is 2.61 bits per heavy atom. The molecular weight excluding hydrogens is 374 g/mol. The SMILES string of the molecule is O=C(/C=C/c1cccc(N2C(=O)C3C4C=CC(C4)C3C2=O)c1)Nc1nccs1. The Morgan fingerprint density at radius 2 is 1.93 bits per heavy atom. The quantitative estimate of drug-likeness (QED) is 0.493. The second kappa shape index (κ2) is 6.53. The van der Waals surface area contributed by atoms with Crippen molar-refractivity contribution in [2.24, 2.45) is 23.7 Å². The van der Waals surface area contributed by atoms with E-state index >= 15 is 0 Å². The maximum Gasteiger partial charge on any atom is 0.250 e. The fraction of sp³-hybridized carbons (Fsp3) is 0.238. The van der Waals surface area contributed by atoms with Crippen LogP contribution in [0, 0.1) is 23.7 Å². The van der Waals surface area contributed by atoms with Crippen LogP contribution in [0.5, 0.6) is 0 Å². The minimum Gasteiger partial charge on any atom is -0.298 e. The molecule has 1 aliphatic heterocycles. The van der Waals surface area contributed by atoms with Crippen LogP contribution in [0.25, 0.3) is 6.08 Å². The molecule has 4 atom stereocenters. The van der Waals surface area contributed by atoms with Gasteiger partial charge in [-0.25, -0.2) is 9.88 Å². The van der Waals surface area contributed by atoms with Crippen molar-refractivity contribution < 1.29 is 14.4 Å². The second-order valence-electron chi connectivity index (χ2n) is 7.27. The average molecular weight is 391 g/mol. The summed E-state index contributed by atoms with van der Waals surface area (Å²) in [6.45, 7) is 0. The highest BCUT2D eigenvalue weighted by Crippen LogP contribution is 2.53. The van der Waals surface area contributed by atoms with Crippen LogP contribution in [0.15, 0.2) is 54.1 Å². The number of nitrogens with zero attached hydrogens (tertiary/aromatic N) is 2. The molecule has 2 heterocycles. The summed E-state index contributed by atoms with van der Waals surface area (Å²) in [5.41, 5.74) is 1.30. The van der Waals surface area contributed by atoms with E-state index in [2.05, 4.69) is 22.5 Å². The number of carbonyl (C=O) groups excluding carboxylic acids is 3. The third-order valence-corrected chi connectivity index (χ3v) is 6.38. The molecule has 1 aromatic heterocycles. The Kier molecular flexibility index (Phi) is 3.98. The van der Waals surface area contributed by atoms with Crippen molar-refractivity contribution in [3.63, 3.8) is 0 Å². The van der Waals surface area contributed by atoms with E-state index in [0.29, 0.717) is 10.8 Å². The first-order valence-electron chi connectivity index (χ1n) is 9.16. The zero-order chi connectivity index (χ0) is 19.3. The van der Waals surface area contributed by atoms with Gasteiger partial charge in [0.1, 0.15) is 0 Å². The molecule has 0 radical (unpaired) electrons. The van der Waals surface area contributed by atoms with Gasteiger partial charge in [0.2, 0.25) is 17.7 Å². The summed E-state index contributed by atoms with van der Waals surface area (Å²) in [5, 5.41) is 4.99. The maximum absolute atomic E-state index is 12.9. The maximum atomic E-state index is 12.9. The number of nitrogens with one attached hydrogen (secondary N) is 1. The molecule has 7 heteroatoms. The number of hydrogen-bond acceptors (Lipinski definition) is 5. The van der Waals surface area contributed by atoms with Gasteiger partial charge in [-0.15, -0.1) is 11.3 Å². The van der Waals surface area contributed by atoms with E-state index in [0.717, 1.165) is 12.0 Å². The number of fused-ring (bicyclic) bond motifs is 5. The van der Waals surface area contributed by atoms with E-state index in [1.807, 2.05) is 6.07 Å². The van der Waals surface area contributed by atoms with Gasteiger partial charge in [0.25, 0.3) is 0 Å². The fourth-order valence-electron chi connectivity index (χ4n) is 4.53. The summed E-state index contributed by atoms with van der Waals surface area (Å²) >= 11 is 1.34. The van der Waals surface area contributed by atoms with E-state index in [1.54, 1.807) is 35.9 Å². The monoisotopic (exact) mass is 391 g/mol. The molecule has 6 nitrogen and oxygen atoms in total. The van der Waals surface area contributed by atoms with Gasteiger partial charge in [-0.05, 0) is 42.0 Å². The number of aromatic nitrogens is 1. The van der Waals surface area contributed by atoms with Gasteiger partial charge in [0, 0.05) is 17.7 Å². The summed E-state index contributed by atoms with van der Waals surface area (Å²) in [4.78, 5) is 43.2. The summed E-state index contributed by atoms with van der Waals surface area (Å²) < 4.78 is 0. The predicted octanol–water partition coefficient (Wildman–Crippen LogP) is 3.11. The topological polar surface area (TPSA) is 79.4 Å². The van der Waals surface area contributed by atoms with Crippen LogP contribution < -0.4 is 10.2 Å². The lowest BCUT2D eigenvalue weighted by Crippen LogP contribution is -2.32. The van der Waals surface area contributed by atoms with E-state index < -0.39 is 0 Å². The molecule has 2 fully saturated rings.